The summed E-state index contributed by atoms with van der Waals surface area (Å²) in [5.74, 6) is -0.428. The summed E-state index contributed by atoms with van der Waals surface area (Å²) in [6.07, 6.45) is 0.784. The van der Waals surface area contributed by atoms with Gasteiger partial charge in [-0.3, -0.25) is 20.1 Å². The molecule has 0 fully saturated rings. The Kier molecular flexibility index (Phi) is 4.61. The number of aliphatic hydroxyl groups excluding tert-OH is 1. The number of rotatable bonds is 4. The average Bonchev–Trinajstić information content (AvgIpc) is 3.14. The molecule has 9 heteroatoms. The van der Waals surface area contributed by atoms with Gasteiger partial charge in [0, 0.05) is 11.1 Å². The fraction of sp³-hybridized carbons (Fsp3) is 0.238. The monoisotopic (exact) mass is 407 g/mol. The molecule has 0 radical (unpaired) electrons. The Morgan fingerprint density at radius 3 is 2.87 bits per heavy atom. The maximum Gasteiger partial charge on any atom is 0.184 e. The third-order valence-electron chi connectivity index (χ3n) is 5.34. The average molecular weight is 407 g/mol. The number of benzene rings is 2. The van der Waals surface area contributed by atoms with Crippen molar-refractivity contribution in [2.75, 3.05) is 18.6 Å². The minimum atomic E-state index is -0.626. The number of carbonyl (C=O) groups excluding carboxylic acids is 1. The van der Waals surface area contributed by atoms with Gasteiger partial charge in [0.1, 0.15) is 30.6 Å². The smallest absolute Gasteiger partial charge is 0.184 e. The topological polar surface area (TPSA) is 102 Å². The molecule has 3 heterocycles. The third-order valence-corrected chi connectivity index (χ3v) is 5.34. The van der Waals surface area contributed by atoms with Gasteiger partial charge in [-0.2, -0.15) is 5.10 Å². The Bertz CT molecular complexity index is 1140. The van der Waals surface area contributed by atoms with Gasteiger partial charge in [-0.15, -0.1) is 0 Å². The lowest BCUT2D eigenvalue weighted by atomic mass is 9.83. The molecule has 0 bridgehead atoms. The number of ketones is 1. The Balaban J connectivity index is 1.73. The van der Waals surface area contributed by atoms with E-state index in [1.54, 1.807) is 28.9 Å². The fourth-order valence-electron chi connectivity index (χ4n) is 4.01. The van der Waals surface area contributed by atoms with Crippen molar-refractivity contribution in [3.8, 4) is 0 Å². The highest BCUT2D eigenvalue weighted by molar-refractivity contribution is 6.20. The lowest BCUT2D eigenvalue weighted by Gasteiger charge is -2.27. The number of anilines is 1. The first-order valence-corrected chi connectivity index (χ1v) is 9.54. The summed E-state index contributed by atoms with van der Waals surface area (Å²) in [5.41, 5.74) is 6.17. The van der Waals surface area contributed by atoms with Crippen LogP contribution in [-0.2, 0) is 11.4 Å². The Morgan fingerprint density at radius 2 is 2.07 bits per heavy atom. The van der Waals surface area contributed by atoms with Crippen LogP contribution in [0.5, 0.6) is 0 Å². The Morgan fingerprint density at radius 1 is 1.23 bits per heavy atom. The lowest BCUT2D eigenvalue weighted by Crippen LogP contribution is -2.29. The summed E-state index contributed by atoms with van der Waals surface area (Å²) < 4.78 is 15.2. The third kappa shape index (κ3) is 2.99. The molecular formula is C21H18FN5O3. The summed E-state index contributed by atoms with van der Waals surface area (Å²) in [7, 11) is 0. The molecule has 2 atom stereocenters. The summed E-state index contributed by atoms with van der Waals surface area (Å²) in [4.78, 5) is 27.6. The summed E-state index contributed by atoms with van der Waals surface area (Å²) >= 11 is 0. The largest absolute Gasteiger partial charge is 0.394 e. The van der Waals surface area contributed by atoms with Crippen molar-refractivity contribution in [2.45, 2.75) is 18.6 Å². The van der Waals surface area contributed by atoms with E-state index in [4.69, 9.17) is 4.84 Å². The van der Waals surface area contributed by atoms with Gasteiger partial charge < -0.3 is 5.11 Å². The van der Waals surface area contributed by atoms with Gasteiger partial charge in [0.05, 0.1) is 30.5 Å². The molecule has 0 aliphatic carbocycles. The molecule has 0 spiro atoms. The summed E-state index contributed by atoms with van der Waals surface area (Å²) in [6.45, 7) is 0.152. The number of halogens is 1. The van der Waals surface area contributed by atoms with E-state index >= 15 is 0 Å². The van der Waals surface area contributed by atoms with Gasteiger partial charge in [-0.05, 0) is 23.8 Å². The second kappa shape index (κ2) is 7.43. The number of Topliss-reactive ketones (excluding diaryl/α,β-unsaturated/α-hetero) is 1. The lowest BCUT2D eigenvalue weighted by molar-refractivity contribution is 0.0914. The number of hydrogen-bond acceptors (Lipinski definition) is 7. The van der Waals surface area contributed by atoms with E-state index in [1.807, 2.05) is 6.07 Å². The molecule has 30 heavy (non-hydrogen) atoms. The molecule has 0 saturated carbocycles. The van der Waals surface area contributed by atoms with Crippen molar-refractivity contribution in [1.82, 2.24) is 14.8 Å². The number of nitrogens with one attached hydrogen (secondary N) is 1. The minimum absolute atomic E-state index is 0.0204. The zero-order valence-electron chi connectivity index (χ0n) is 15.8. The van der Waals surface area contributed by atoms with Crippen LogP contribution >= 0.6 is 0 Å². The quantitative estimate of drug-likeness (QED) is 0.688. The molecule has 3 aromatic rings. The van der Waals surface area contributed by atoms with Gasteiger partial charge in [0.25, 0.3) is 0 Å². The predicted octanol–water partition coefficient (Wildman–Crippen LogP) is 2.28. The summed E-state index contributed by atoms with van der Waals surface area (Å²) in [6, 6.07) is 11.4. The molecule has 2 aliphatic rings. The highest BCUT2D eigenvalue weighted by Gasteiger charge is 2.41. The SMILES string of the molecule is O=C1CN=C2c3c(cccc31)NOC(c1ccc(F)cc1)C2c1ncnn1CCO. The van der Waals surface area contributed by atoms with Crippen molar-refractivity contribution >= 4 is 17.2 Å². The van der Waals surface area contributed by atoms with Crippen LogP contribution in [-0.4, -0.2) is 44.5 Å². The first-order valence-electron chi connectivity index (χ1n) is 9.54. The van der Waals surface area contributed by atoms with Crippen LogP contribution in [0.25, 0.3) is 0 Å². The molecule has 0 saturated heterocycles. The van der Waals surface area contributed by atoms with Crippen LogP contribution in [0.15, 0.2) is 53.8 Å². The summed E-state index contributed by atoms with van der Waals surface area (Å²) in [5, 5.41) is 13.7. The molecule has 152 valence electrons. The maximum atomic E-state index is 13.6. The van der Waals surface area contributed by atoms with Crippen LogP contribution < -0.4 is 5.48 Å². The van der Waals surface area contributed by atoms with E-state index in [1.165, 1.54) is 18.5 Å². The van der Waals surface area contributed by atoms with Crippen molar-refractivity contribution in [3.63, 3.8) is 0 Å². The Labute approximate surface area is 171 Å². The number of nitrogens with zero attached hydrogens (tertiary/aromatic N) is 4. The molecule has 2 N–H and O–H groups in total. The van der Waals surface area contributed by atoms with Crippen LogP contribution in [0.3, 0.4) is 0 Å². The highest BCUT2D eigenvalue weighted by Crippen LogP contribution is 2.42. The van der Waals surface area contributed by atoms with E-state index in [9.17, 15) is 14.3 Å². The number of aromatic nitrogens is 3. The van der Waals surface area contributed by atoms with Crippen molar-refractivity contribution in [3.05, 3.63) is 77.1 Å². The van der Waals surface area contributed by atoms with E-state index < -0.39 is 12.0 Å². The maximum absolute atomic E-state index is 13.6. The fourth-order valence-corrected chi connectivity index (χ4v) is 4.01. The molecule has 2 aromatic carbocycles. The van der Waals surface area contributed by atoms with E-state index in [0.717, 1.165) is 0 Å². The molecule has 1 aromatic heterocycles. The van der Waals surface area contributed by atoms with Crippen LogP contribution in [0.4, 0.5) is 10.1 Å². The molecule has 2 unspecified atom stereocenters. The zero-order valence-corrected chi connectivity index (χ0v) is 15.8. The van der Waals surface area contributed by atoms with Crippen LogP contribution in [0.2, 0.25) is 0 Å². The normalized spacial score (nSPS) is 20.2. The molecular weight excluding hydrogens is 389 g/mol. The van der Waals surface area contributed by atoms with Gasteiger partial charge in [0.2, 0.25) is 0 Å². The van der Waals surface area contributed by atoms with Gasteiger partial charge in [0.15, 0.2) is 5.78 Å². The number of aliphatic imine (C=N–C) groups is 1. The second-order valence-corrected chi connectivity index (χ2v) is 7.09. The van der Waals surface area contributed by atoms with Crippen LogP contribution in [0, 0.1) is 5.82 Å². The molecule has 0 amide bonds. The number of aliphatic hydroxyl groups is 1. The van der Waals surface area contributed by atoms with Gasteiger partial charge in [-0.25, -0.2) is 14.1 Å². The van der Waals surface area contributed by atoms with E-state index in [2.05, 4.69) is 20.6 Å². The van der Waals surface area contributed by atoms with E-state index in [-0.39, 0.29) is 31.3 Å². The predicted molar refractivity (Wildman–Crippen MR) is 106 cm³/mol. The number of hydrogen-bond donors (Lipinski definition) is 2. The zero-order chi connectivity index (χ0) is 20.7. The first-order chi connectivity index (χ1) is 14.7. The number of carbonyl (C=O) groups is 1. The molecule has 2 aliphatic heterocycles. The van der Waals surface area contributed by atoms with Crippen LogP contribution in [0.1, 0.15) is 39.3 Å². The standard InChI is InChI=1S/C21H18FN5O3/c22-13-6-4-12(5-7-13)20-18(21-24-11-25-27(21)8-9-28)19-17-14(16(29)10-23-19)2-1-3-15(17)26-30-20/h1-7,11,18,20,26,28H,8-10H2. The highest BCUT2D eigenvalue weighted by atomic mass is 19.1. The van der Waals surface area contributed by atoms with Crippen molar-refractivity contribution in [2.24, 2.45) is 4.99 Å². The van der Waals surface area contributed by atoms with Gasteiger partial charge >= 0.3 is 0 Å². The Hall–Kier alpha value is -3.43. The van der Waals surface area contributed by atoms with Crippen molar-refractivity contribution < 1.29 is 19.1 Å². The minimum Gasteiger partial charge on any atom is -0.394 e. The molecule has 8 nitrogen and oxygen atoms in total. The molecule has 5 rings (SSSR count). The second-order valence-electron chi connectivity index (χ2n) is 7.09. The van der Waals surface area contributed by atoms with E-state index in [0.29, 0.717) is 33.9 Å². The first kappa shape index (κ1) is 18.6. The van der Waals surface area contributed by atoms with Crippen molar-refractivity contribution in [1.29, 1.82) is 0 Å². The van der Waals surface area contributed by atoms with Gasteiger partial charge in [-0.1, -0.05) is 24.3 Å².